The first-order valence-corrected chi connectivity index (χ1v) is 10.6. The van der Waals surface area contributed by atoms with Crippen LogP contribution >= 0.6 is 0 Å². The van der Waals surface area contributed by atoms with Crippen LogP contribution in [0.3, 0.4) is 0 Å². The van der Waals surface area contributed by atoms with E-state index in [1.54, 1.807) is 6.33 Å². The van der Waals surface area contributed by atoms with E-state index in [0.717, 1.165) is 28.3 Å². The second kappa shape index (κ2) is 8.85. The van der Waals surface area contributed by atoms with E-state index in [0.29, 0.717) is 12.5 Å². The van der Waals surface area contributed by atoms with Gasteiger partial charge < -0.3 is 10.2 Å². The summed E-state index contributed by atoms with van der Waals surface area (Å²) in [6.45, 7) is 8.31. The third kappa shape index (κ3) is 4.26. The van der Waals surface area contributed by atoms with Crippen LogP contribution in [0.5, 0.6) is 0 Å². The van der Waals surface area contributed by atoms with Gasteiger partial charge in [0.2, 0.25) is 0 Å². The Balaban J connectivity index is 1.35. The van der Waals surface area contributed by atoms with Crippen molar-refractivity contribution in [1.82, 2.24) is 19.8 Å². The molecule has 2 heterocycles. The van der Waals surface area contributed by atoms with Crippen LogP contribution in [-0.4, -0.2) is 64.6 Å². The molecular weight excluding hydrogens is 348 g/mol. The molecule has 0 spiro atoms. The minimum atomic E-state index is 0.416. The molecule has 0 unspecified atom stereocenters. The number of rotatable bonds is 5. The zero-order valence-electron chi connectivity index (χ0n) is 16.8. The number of fused-ring (bicyclic) bond motifs is 1. The smallest absolute Gasteiger partial charge is 0.137 e. The average molecular weight is 379 g/mol. The number of aromatic nitrogens is 2. The Bertz CT molecular complexity index is 829. The van der Waals surface area contributed by atoms with Crippen molar-refractivity contribution in [2.24, 2.45) is 0 Å². The molecule has 148 valence electrons. The van der Waals surface area contributed by atoms with Gasteiger partial charge in [0, 0.05) is 43.6 Å². The van der Waals surface area contributed by atoms with Crippen molar-refractivity contribution >= 4 is 16.7 Å². The molecule has 1 saturated heterocycles. The summed E-state index contributed by atoms with van der Waals surface area (Å²) in [6.07, 6.45) is 6.95. The molecule has 1 aromatic heterocycles. The SMILES string of the molecule is CCN1CCN([C@H]2CC[C@H](Nc3ncnc4cc(CC#N)ccc34)CC2)CC1. The number of nitrogens with zero attached hydrogens (tertiary/aromatic N) is 5. The maximum atomic E-state index is 8.90. The summed E-state index contributed by atoms with van der Waals surface area (Å²) in [5.74, 6) is 0.925. The van der Waals surface area contributed by atoms with Crippen molar-refractivity contribution in [2.45, 2.75) is 51.1 Å². The van der Waals surface area contributed by atoms with E-state index in [2.05, 4.69) is 38.1 Å². The molecule has 0 radical (unpaired) electrons. The van der Waals surface area contributed by atoms with E-state index < -0.39 is 0 Å². The van der Waals surface area contributed by atoms with Crippen molar-refractivity contribution in [3.8, 4) is 6.07 Å². The Morgan fingerprint density at radius 2 is 1.89 bits per heavy atom. The normalized spacial score (nSPS) is 24.1. The molecule has 0 amide bonds. The molecule has 2 fully saturated rings. The molecule has 1 aliphatic carbocycles. The summed E-state index contributed by atoms with van der Waals surface area (Å²) in [6, 6.07) is 9.47. The Morgan fingerprint density at radius 1 is 1.11 bits per heavy atom. The van der Waals surface area contributed by atoms with Crippen molar-refractivity contribution in [1.29, 1.82) is 5.26 Å². The molecule has 0 atom stereocenters. The van der Waals surface area contributed by atoms with E-state index in [-0.39, 0.29) is 0 Å². The van der Waals surface area contributed by atoms with Crippen LogP contribution in [0.25, 0.3) is 10.9 Å². The van der Waals surface area contributed by atoms with Crippen LogP contribution in [0.15, 0.2) is 24.5 Å². The Morgan fingerprint density at radius 3 is 2.61 bits per heavy atom. The lowest BCUT2D eigenvalue weighted by molar-refractivity contribution is 0.0800. The summed E-state index contributed by atoms with van der Waals surface area (Å²) in [7, 11) is 0. The summed E-state index contributed by atoms with van der Waals surface area (Å²) in [5, 5.41) is 13.6. The standard InChI is InChI=1S/C22H30N6/c1-2-27-11-13-28(14-12-27)19-6-4-18(5-7-19)26-22-20-8-3-17(9-10-23)15-21(20)24-16-25-22/h3,8,15-16,18-19H,2,4-7,9,11-14H2,1H3,(H,24,25,26)/t18-,19-. The Labute approximate surface area is 167 Å². The molecule has 2 aromatic rings. The van der Waals surface area contributed by atoms with Gasteiger partial charge >= 0.3 is 0 Å². The number of nitriles is 1. The summed E-state index contributed by atoms with van der Waals surface area (Å²) in [4.78, 5) is 14.1. The molecule has 1 aliphatic heterocycles. The predicted octanol–water partition coefficient (Wildman–Crippen LogP) is 3.06. The number of piperazine rings is 1. The molecule has 1 N–H and O–H groups in total. The van der Waals surface area contributed by atoms with Gasteiger partial charge in [0.1, 0.15) is 12.1 Å². The highest BCUT2D eigenvalue weighted by Gasteiger charge is 2.28. The maximum absolute atomic E-state index is 8.90. The zero-order valence-corrected chi connectivity index (χ0v) is 16.8. The van der Waals surface area contributed by atoms with Crippen LogP contribution in [-0.2, 0) is 6.42 Å². The highest BCUT2D eigenvalue weighted by molar-refractivity contribution is 5.89. The fourth-order valence-corrected chi connectivity index (χ4v) is 4.64. The number of anilines is 1. The number of hydrogen-bond acceptors (Lipinski definition) is 6. The molecule has 28 heavy (non-hydrogen) atoms. The largest absolute Gasteiger partial charge is 0.367 e. The van der Waals surface area contributed by atoms with Gasteiger partial charge in [-0.2, -0.15) is 5.26 Å². The number of likely N-dealkylation sites (N-methyl/N-ethyl adjacent to an activating group) is 1. The molecule has 1 saturated carbocycles. The van der Waals surface area contributed by atoms with E-state index in [9.17, 15) is 0 Å². The molecule has 0 bridgehead atoms. The van der Waals surface area contributed by atoms with E-state index >= 15 is 0 Å². The lowest BCUT2D eigenvalue weighted by atomic mass is 9.89. The minimum Gasteiger partial charge on any atom is -0.367 e. The van der Waals surface area contributed by atoms with Crippen molar-refractivity contribution < 1.29 is 0 Å². The number of hydrogen-bond donors (Lipinski definition) is 1. The molecule has 6 nitrogen and oxygen atoms in total. The quantitative estimate of drug-likeness (QED) is 0.862. The Hall–Kier alpha value is -2.23. The summed E-state index contributed by atoms with van der Waals surface area (Å²) in [5.41, 5.74) is 1.91. The zero-order chi connectivity index (χ0) is 19.3. The monoisotopic (exact) mass is 378 g/mol. The highest BCUT2D eigenvalue weighted by atomic mass is 15.3. The molecule has 2 aliphatic rings. The summed E-state index contributed by atoms with van der Waals surface area (Å²) < 4.78 is 0. The number of nitrogens with one attached hydrogen (secondary N) is 1. The van der Waals surface area contributed by atoms with Crippen LogP contribution in [0, 0.1) is 11.3 Å². The summed E-state index contributed by atoms with van der Waals surface area (Å²) >= 11 is 0. The lowest BCUT2D eigenvalue weighted by Crippen LogP contribution is -2.51. The van der Waals surface area contributed by atoms with Crippen LogP contribution in [0.2, 0.25) is 0 Å². The molecule has 4 rings (SSSR count). The van der Waals surface area contributed by atoms with Gasteiger partial charge in [-0.1, -0.05) is 13.0 Å². The van der Waals surface area contributed by atoms with Crippen LogP contribution < -0.4 is 5.32 Å². The van der Waals surface area contributed by atoms with Gasteiger partial charge in [-0.15, -0.1) is 0 Å². The number of benzene rings is 1. The van der Waals surface area contributed by atoms with Crippen LogP contribution in [0.4, 0.5) is 5.82 Å². The third-order valence-electron chi connectivity index (χ3n) is 6.39. The maximum Gasteiger partial charge on any atom is 0.137 e. The van der Waals surface area contributed by atoms with Gasteiger partial charge in [0.25, 0.3) is 0 Å². The minimum absolute atomic E-state index is 0.416. The van der Waals surface area contributed by atoms with Crippen molar-refractivity contribution in [2.75, 3.05) is 38.0 Å². The Kier molecular flexibility index (Phi) is 6.04. The third-order valence-corrected chi connectivity index (χ3v) is 6.39. The van der Waals surface area contributed by atoms with Crippen molar-refractivity contribution in [3.63, 3.8) is 0 Å². The first-order valence-electron chi connectivity index (χ1n) is 10.6. The first-order chi connectivity index (χ1) is 13.8. The van der Waals surface area contributed by atoms with Gasteiger partial charge in [0.15, 0.2) is 0 Å². The van der Waals surface area contributed by atoms with Crippen LogP contribution in [0.1, 0.15) is 38.2 Å². The van der Waals surface area contributed by atoms with Crippen molar-refractivity contribution in [3.05, 3.63) is 30.1 Å². The first kappa shape index (κ1) is 19.1. The fourth-order valence-electron chi connectivity index (χ4n) is 4.64. The topological polar surface area (TPSA) is 68.1 Å². The lowest BCUT2D eigenvalue weighted by Gasteiger charge is -2.42. The van der Waals surface area contributed by atoms with Gasteiger partial charge in [-0.05, 0) is 49.9 Å². The molecular formula is C22H30N6. The highest BCUT2D eigenvalue weighted by Crippen LogP contribution is 2.28. The second-order valence-corrected chi connectivity index (χ2v) is 8.03. The average Bonchev–Trinajstić information content (AvgIpc) is 2.75. The predicted molar refractivity (Wildman–Crippen MR) is 112 cm³/mol. The van der Waals surface area contributed by atoms with E-state index in [1.165, 1.54) is 58.4 Å². The van der Waals surface area contributed by atoms with Gasteiger partial charge in [-0.25, -0.2) is 9.97 Å². The van der Waals surface area contributed by atoms with Gasteiger partial charge in [0.05, 0.1) is 18.0 Å². The van der Waals surface area contributed by atoms with E-state index in [1.807, 2.05) is 18.2 Å². The molecule has 6 heteroatoms. The molecule has 1 aromatic carbocycles. The van der Waals surface area contributed by atoms with Gasteiger partial charge in [-0.3, -0.25) is 4.90 Å². The van der Waals surface area contributed by atoms with E-state index in [4.69, 9.17) is 5.26 Å². The fraction of sp³-hybridized carbons (Fsp3) is 0.591. The second-order valence-electron chi connectivity index (χ2n) is 8.03.